The van der Waals surface area contributed by atoms with Crippen LogP contribution in [0.5, 0.6) is 0 Å². The van der Waals surface area contributed by atoms with Crippen LogP contribution in [0.25, 0.3) is 0 Å². The summed E-state index contributed by atoms with van der Waals surface area (Å²) in [5.41, 5.74) is 1.75. The fourth-order valence-electron chi connectivity index (χ4n) is 2.26. The first kappa shape index (κ1) is 12.8. The summed E-state index contributed by atoms with van der Waals surface area (Å²) in [6.45, 7) is 2.36. The van der Waals surface area contributed by atoms with Gasteiger partial charge < -0.3 is 10.6 Å². The van der Waals surface area contributed by atoms with E-state index in [4.69, 9.17) is 0 Å². The van der Waals surface area contributed by atoms with Crippen LogP contribution >= 0.6 is 0 Å². The molecule has 0 aromatic carbocycles. The lowest BCUT2D eigenvalue weighted by atomic mass is 9.96. The van der Waals surface area contributed by atoms with Crippen molar-refractivity contribution in [3.63, 3.8) is 0 Å². The smallest absolute Gasteiger partial charge is 0.315 e. The number of nitrogens with zero attached hydrogens (tertiary/aromatic N) is 2. The minimum atomic E-state index is -0.0989. The third-order valence-corrected chi connectivity index (χ3v) is 3.23. The van der Waals surface area contributed by atoms with Gasteiger partial charge in [0.15, 0.2) is 0 Å². The quantitative estimate of drug-likeness (QED) is 0.858. The summed E-state index contributed by atoms with van der Waals surface area (Å²) in [7, 11) is 0. The molecule has 98 valence electrons. The van der Waals surface area contributed by atoms with Gasteiger partial charge >= 0.3 is 6.03 Å². The fourth-order valence-corrected chi connectivity index (χ4v) is 2.26. The van der Waals surface area contributed by atoms with Crippen LogP contribution in [0.1, 0.15) is 43.5 Å². The lowest BCUT2D eigenvalue weighted by Crippen LogP contribution is -2.42. The molecule has 0 aliphatic heterocycles. The summed E-state index contributed by atoms with van der Waals surface area (Å²) >= 11 is 0. The summed E-state index contributed by atoms with van der Waals surface area (Å²) in [5, 5.41) is 5.84. The molecule has 1 saturated carbocycles. The van der Waals surface area contributed by atoms with Crippen LogP contribution in [0.3, 0.4) is 0 Å². The molecule has 0 atom stereocenters. The van der Waals surface area contributed by atoms with E-state index in [2.05, 4.69) is 20.6 Å². The number of hydrogen-bond acceptors (Lipinski definition) is 3. The molecule has 1 fully saturated rings. The summed E-state index contributed by atoms with van der Waals surface area (Å²) in [6, 6.07) is 2.12. The van der Waals surface area contributed by atoms with Gasteiger partial charge in [-0.3, -0.25) is 0 Å². The van der Waals surface area contributed by atoms with Gasteiger partial charge in [-0.2, -0.15) is 0 Å². The van der Waals surface area contributed by atoms with Gasteiger partial charge in [-0.15, -0.1) is 0 Å². The van der Waals surface area contributed by atoms with Crippen LogP contribution in [0.4, 0.5) is 4.79 Å². The number of aromatic nitrogens is 2. The second-order valence-electron chi connectivity index (χ2n) is 4.81. The highest BCUT2D eigenvalue weighted by Crippen LogP contribution is 2.17. The zero-order valence-electron chi connectivity index (χ0n) is 10.8. The lowest BCUT2D eigenvalue weighted by molar-refractivity contribution is 0.232. The molecule has 0 unspecified atom stereocenters. The highest BCUT2D eigenvalue weighted by molar-refractivity contribution is 5.74. The summed E-state index contributed by atoms with van der Waals surface area (Å²) < 4.78 is 0. The largest absolute Gasteiger partial charge is 0.335 e. The molecular formula is C13H20N4O. The average Bonchev–Trinajstić information content (AvgIpc) is 2.38. The predicted molar refractivity (Wildman–Crippen MR) is 69.0 cm³/mol. The van der Waals surface area contributed by atoms with Crippen molar-refractivity contribution < 1.29 is 4.79 Å². The lowest BCUT2D eigenvalue weighted by Gasteiger charge is -2.22. The number of rotatable bonds is 3. The number of amides is 2. The van der Waals surface area contributed by atoms with Gasteiger partial charge in [0.05, 0.1) is 12.2 Å². The Morgan fingerprint density at radius 2 is 2.11 bits per heavy atom. The van der Waals surface area contributed by atoms with Crippen LogP contribution in [-0.4, -0.2) is 22.0 Å². The molecule has 0 bridgehead atoms. The Hall–Kier alpha value is -1.65. The molecule has 1 aromatic heterocycles. The predicted octanol–water partition coefficient (Wildman–Crippen LogP) is 1.92. The minimum Gasteiger partial charge on any atom is -0.335 e. The van der Waals surface area contributed by atoms with E-state index in [1.807, 2.05) is 13.0 Å². The standard InChI is InChI=1S/C13H20N4O/c1-10-7-12(16-9-15-10)8-14-13(18)17-11-5-3-2-4-6-11/h7,9,11H,2-6,8H2,1H3,(H2,14,17,18). The van der Waals surface area contributed by atoms with E-state index in [9.17, 15) is 4.79 Å². The van der Waals surface area contributed by atoms with Crippen molar-refractivity contribution in [2.24, 2.45) is 0 Å². The molecule has 2 rings (SSSR count). The average molecular weight is 248 g/mol. The number of hydrogen-bond donors (Lipinski definition) is 2. The van der Waals surface area contributed by atoms with Gasteiger partial charge in [-0.25, -0.2) is 14.8 Å². The molecule has 1 aliphatic rings. The van der Waals surface area contributed by atoms with Crippen molar-refractivity contribution in [1.82, 2.24) is 20.6 Å². The molecule has 2 amide bonds. The minimum absolute atomic E-state index is 0.0989. The maximum absolute atomic E-state index is 11.7. The van der Waals surface area contributed by atoms with E-state index < -0.39 is 0 Å². The van der Waals surface area contributed by atoms with Crippen molar-refractivity contribution in [2.75, 3.05) is 0 Å². The fraction of sp³-hybridized carbons (Fsp3) is 0.615. The Kier molecular flexibility index (Phi) is 4.50. The van der Waals surface area contributed by atoms with Crippen molar-refractivity contribution >= 4 is 6.03 Å². The van der Waals surface area contributed by atoms with E-state index in [1.165, 1.54) is 25.6 Å². The summed E-state index contributed by atoms with van der Waals surface area (Å²) in [4.78, 5) is 19.8. The van der Waals surface area contributed by atoms with Crippen LogP contribution in [0.15, 0.2) is 12.4 Å². The first-order valence-electron chi connectivity index (χ1n) is 6.56. The SMILES string of the molecule is Cc1cc(CNC(=O)NC2CCCCC2)ncn1. The molecule has 18 heavy (non-hydrogen) atoms. The number of carbonyl (C=O) groups is 1. The Labute approximate surface area is 107 Å². The summed E-state index contributed by atoms with van der Waals surface area (Å²) in [5.74, 6) is 0. The number of aryl methyl sites for hydroxylation is 1. The number of nitrogens with one attached hydrogen (secondary N) is 2. The van der Waals surface area contributed by atoms with Crippen LogP contribution in [-0.2, 0) is 6.54 Å². The topological polar surface area (TPSA) is 66.9 Å². The van der Waals surface area contributed by atoms with Gasteiger partial charge in [0.2, 0.25) is 0 Å². The second-order valence-corrected chi connectivity index (χ2v) is 4.81. The molecule has 1 aromatic rings. The Balaban J connectivity index is 1.74. The van der Waals surface area contributed by atoms with Gasteiger partial charge in [0.25, 0.3) is 0 Å². The highest BCUT2D eigenvalue weighted by Gasteiger charge is 2.15. The third kappa shape index (κ3) is 3.98. The van der Waals surface area contributed by atoms with Crippen LogP contribution < -0.4 is 10.6 Å². The van der Waals surface area contributed by atoms with Crippen LogP contribution in [0, 0.1) is 6.92 Å². The zero-order chi connectivity index (χ0) is 12.8. The van der Waals surface area contributed by atoms with E-state index in [0.29, 0.717) is 12.6 Å². The first-order chi connectivity index (χ1) is 8.74. The number of carbonyl (C=O) groups excluding carboxylic acids is 1. The van der Waals surface area contributed by atoms with Gasteiger partial charge in [-0.1, -0.05) is 19.3 Å². The Bertz CT molecular complexity index is 402. The Morgan fingerprint density at radius 3 is 2.83 bits per heavy atom. The first-order valence-corrected chi connectivity index (χ1v) is 6.56. The van der Waals surface area contributed by atoms with Gasteiger partial charge in [-0.05, 0) is 25.8 Å². The molecule has 0 saturated heterocycles. The molecule has 5 heteroatoms. The maximum atomic E-state index is 11.7. The second kappa shape index (κ2) is 6.33. The van der Waals surface area contributed by atoms with Gasteiger partial charge in [0, 0.05) is 11.7 Å². The third-order valence-electron chi connectivity index (χ3n) is 3.23. The van der Waals surface area contributed by atoms with E-state index in [-0.39, 0.29) is 6.03 Å². The van der Waals surface area contributed by atoms with Crippen molar-refractivity contribution in [2.45, 2.75) is 51.6 Å². The van der Waals surface area contributed by atoms with E-state index >= 15 is 0 Å². The molecular weight excluding hydrogens is 228 g/mol. The van der Waals surface area contributed by atoms with Crippen molar-refractivity contribution in [1.29, 1.82) is 0 Å². The highest BCUT2D eigenvalue weighted by atomic mass is 16.2. The molecule has 1 aliphatic carbocycles. The number of urea groups is 1. The van der Waals surface area contributed by atoms with Crippen molar-refractivity contribution in [3.8, 4) is 0 Å². The normalized spacial score (nSPS) is 16.3. The van der Waals surface area contributed by atoms with Crippen LogP contribution in [0.2, 0.25) is 0 Å². The van der Waals surface area contributed by atoms with Crippen molar-refractivity contribution in [3.05, 3.63) is 23.8 Å². The Morgan fingerprint density at radius 1 is 1.33 bits per heavy atom. The monoisotopic (exact) mass is 248 g/mol. The van der Waals surface area contributed by atoms with E-state index in [1.54, 1.807) is 0 Å². The zero-order valence-corrected chi connectivity index (χ0v) is 10.8. The molecule has 1 heterocycles. The molecule has 0 spiro atoms. The molecule has 0 radical (unpaired) electrons. The van der Waals surface area contributed by atoms with Gasteiger partial charge in [0.1, 0.15) is 6.33 Å². The maximum Gasteiger partial charge on any atom is 0.315 e. The molecule has 2 N–H and O–H groups in total. The summed E-state index contributed by atoms with van der Waals surface area (Å²) in [6.07, 6.45) is 7.44. The molecule has 5 nitrogen and oxygen atoms in total. The van der Waals surface area contributed by atoms with E-state index in [0.717, 1.165) is 24.2 Å².